The average Bonchev–Trinajstić information content (AvgIpc) is 2.18. The van der Waals surface area contributed by atoms with Crippen molar-refractivity contribution in [1.29, 1.82) is 0 Å². The second-order valence-corrected chi connectivity index (χ2v) is 4.25. The predicted molar refractivity (Wildman–Crippen MR) is 56.2 cm³/mol. The lowest BCUT2D eigenvalue weighted by molar-refractivity contribution is -0.142. The van der Waals surface area contributed by atoms with Gasteiger partial charge in [-0.15, -0.1) is 0 Å². The molecule has 2 N–H and O–H groups in total. The van der Waals surface area contributed by atoms with Crippen LogP contribution >= 0.6 is 0 Å². The van der Waals surface area contributed by atoms with Crippen LogP contribution in [0.25, 0.3) is 0 Å². The molecule has 0 spiro atoms. The Bertz CT molecular complexity index is 176. The minimum Gasteiger partial charge on any atom is -0.481 e. The van der Waals surface area contributed by atoms with Crippen LogP contribution in [0.5, 0.6) is 0 Å². The minimum atomic E-state index is -0.606. The van der Waals surface area contributed by atoms with E-state index in [0.29, 0.717) is 5.92 Å². The predicted octanol–water partition coefficient (Wildman–Crippen LogP) is 1.88. The Kier molecular flexibility index (Phi) is 4.94. The van der Waals surface area contributed by atoms with Crippen LogP contribution in [0.4, 0.5) is 0 Å². The molecule has 0 saturated carbocycles. The number of carboxylic acids is 1. The third-order valence-electron chi connectivity index (χ3n) is 3.06. The summed E-state index contributed by atoms with van der Waals surface area (Å²) in [5.41, 5.74) is 0. The SMILES string of the molecule is CCCC(CC1CCNCC1)C(=O)O. The normalized spacial score (nSPS) is 20.6. The molecule has 3 heteroatoms. The Morgan fingerprint density at radius 1 is 1.50 bits per heavy atom. The van der Waals surface area contributed by atoms with Crippen molar-refractivity contribution in [2.45, 2.75) is 39.0 Å². The maximum atomic E-state index is 10.9. The number of piperidine rings is 1. The summed E-state index contributed by atoms with van der Waals surface area (Å²) >= 11 is 0. The van der Waals surface area contributed by atoms with E-state index in [1.165, 1.54) is 0 Å². The number of hydrogen-bond acceptors (Lipinski definition) is 2. The first-order chi connectivity index (χ1) is 6.74. The van der Waals surface area contributed by atoms with E-state index < -0.39 is 5.97 Å². The third-order valence-corrected chi connectivity index (χ3v) is 3.06. The zero-order chi connectivity index (χ0) is 10.4. The smallest absolute Gasteiger partial charge is 0.306 e. The van der Waals surface area contributed by atoms with E-state index in [9.17, 15) is 4.79 Å². The van der Waals surface area contributed by atoms with Gasteiger partial charge in [-0.3, -0.25) is 4.79 Å². The van der Waals surface area contributed by atoms with Gasteiger partial charge in [0.05, 0.1) is 5.92 Å². The molecule has 0 aromatic rings. The van der Waals surface area contributed by atoms with E-state index >= 15 is 0 Å². The highest BCUT2D eigenvalue weighted by Crippen LogP contribution is 2.24. The fourth-order valence-corrected chi connectivity index (χ4v) is 2.21. The Balaban J connectivity index is 2.33. The van der Waals surface area contributed by atoms with Gasteiger partial charge in [0, 0.05) is 0 Å². The maximum Gasteiger partial charge on any atom is 0.306 e. The molecule has 0 aromatic heterocycles. The lowest BCUT2D eigenvalue weighted by Gasteiger charge is -2.25. The first-order valence-corrected chi connectivity index (χ1v) is 5.67. The number of carboxylic acid groups (broad SMARTS) is 1. The molecule has 0 amide bonds. The summed E-state index contributed by atoms with van der Waals surface area (Å²) in [4.78, 5) is 10.9. The second-order valence-electron chi connectivity index (χ2n) is 4.25. The van der Waals surface area contributed by atoms with E-state index in [0.717, 1.165) is 45.2 Å². The molecule has 1 saturated heterocycles. The highest BCUT2D eigenvalue weighted by molar-refractivity contribution is 5.69. The van der Waals surface area contributed by atoms with Gasteiger partial charge in [0.1, 0.15) is 0 Å². The molecule has 1 unspecified atom stereocenters. The van der Waals surface area contributed by atoms with Gasteiger partial charge >= 0.3 is 5.97 Å². The molecule has 3 nitrogen and oxygen atoms in total. The van der Waals surface area contributed by atoms with Gasteiger partial charge < -0.3 is 10.4 Å². The number of hydrogen-bond donors (Lipinski definition) is 2. The van der Waals surface area contributed by atoms with Gasteiger partial charge in [0.2, 0.25) is 0 Å². The van der Waals surface area contributed by atoms with Crippen molar-refractivity contribution in [1.82, 2.24) is 5.32 Å². The molecule has 1 aliphatic rings. The van der Waals surface area contributed by atoms with Gasteiger partial charge in [-0.25, -0.2) is 0 Å². The molecule has 0 radical (unpaired) electrons. The van der Waals surface area contributed by atoms with Gasteiger partial charge in [-0.05, 0) is 44.7 Å². The van der Waals surface area contributed by atoms with Crippen molar-refractivity contribution in [3.05, 3.63) is 0 Å². The lowest BCUT2D eigenvalue weighted by atomic mass is 9.86. The van der Waals surface area contributed by atoms with Gasteiger partial charge in [0.25, 0.3) is 0 Å². The van der Waals surface area contributed by atoms with Gasteiger partial charge in [-0.2, -0.15) is 0 Å². The molecule has 1 heterocycles. The highest BCUT2D eigenvalue weighted by Gasteiger charge is 2.22. The van der Waals surface area contributed by atoms with E-state index in [4.69, 9.17) is 5.11 Å². The quantitative estimate of drug-likeness (QED) is 0.710. The summed E-state index contributed by atoms with van der Waals surface area (Å²) in [7, 11) is 0. The van der Waals surface area contributed by atoms with Crippen molar-refractivity contribution in [2.24, 2.45) is 11.8 Å². The molecule has 1 aliphatic heterocycles. The van der Waals surface area contributed by atoms with Crippen molar-refractivity contribution < 1.29 is 9.90 Å². The number of nitrogens with one attached hydrogen (secondary N) is 1. The summed E-state index contributed by atoms with van der Waals surface area (Å²) in [6.45, 7) is 4.17. The topological polar surface area (TPSA) is 49.3 Å². The molecule has 82 valence electrons. The van der Waals surface area contributed by atoms with Gasteiger partial charge in [-0.1, -0.05) is 13.3 Å². The Morgan fingerprint density at radius 3 is 2.64 bits per heavy atom. The highest BCUT2D eigenvalue weighted by atomic mass is 16.4. The fraction of sp³-hybridized carbons (Fsp3) is 0.909. The molecular formula is C11H21NO2. The molecule has 0 bridgehead atoms. The minimum absolute atomic E-state index is 0.108. The van der Waals surface area contributed by atoms with Crippen LogP contribution in [-0.4, -0.2) is 24.2 Å². The Hall–Kier alpha value is -0.570. The summed E-state index contributed by atoms with van der Waals surface area (Å²) < 4.78 is 0. The van der Waals surface area contributed by atoms with E-state index in [1.54, 1.807) is 0 Å². The summed E-state index contributed by atoms with van der Waals surface area (Å²) in [6.07, 6.45) is 4.98. The third kappa shape index (κ3) is 3.66. The van der Waals surface area contributed by atoms with Crippen LogP contribution in [0.15, 0.2) is 0 Å². The maximum absolute atomic E-state index is 10.9. The zero-order valence-electron chi connectivity index (χ0n) is 8.96. The molecule has 1 rings (SSSR count). The van der Waals surface area contributed by atoms with Crippen LogP contribution < -0.4 is 5.32 Å². The van der Waals surface area contributed by atoms with Crippen LogP contribution in [0.1, 0.15) is 39.0 Å². The lowest BCUT2D eigenvalue weighted by Crippen LogP contribution is -2.30. The van der Waals surface area contributed by atoms with E-state index in [1.807, 2.05) is 0 Å². The summed E-state index contributed by atoms with van der Waals surface area (Å²) in [5.74, 6) is -0.0858. The van der Waals surface area contributed by atoms with Crippen LogP contribution in [0.2, 0.25) is 0 Å². The molecule has 14 heavy (non-hydrogen) atoms. The Morgan fingerprint density at radius 2 is 2.14 bits per heavy atom. The van der Waals surface area contributed by atoms with Crippen molar-refractivity contribution >= 4 is 5.97 Å². The zero-order valence-corrected chi connectivity index (χ0v) is 8.96. The van der Waals surface area contributed by atoms with Crippen LogP contribution in [-0.2, 0) is 4.79 Å². The average molecular weight is 199 g/mol. The van der Waals surface area contributed by atoms with E-state index in [2.05, 4.69) is 12.2 Å². The number of aliphatic carboxylic acids is 1. The summed E-state index contributed by atoms with van der Waals surface area (Å²) in [6, 6.07) is 0. The van der Waals surface area contributed by atoms with Crippen molar-refractivity contribution in [3.8, 4) is 0 Å². The molecular weight excluding hydrogens is 178 g/mol. The van der Waals surface area contributed by atoms with E-state index in [-0.39, 0.29) is 5.92 Å². The molecule has 0 aliphatic carbocycles. The summed E-state index contributed by atoms with van der Waals surface area (Å²) in [5, 5.41) is 12.3. The molecule has 0 aromatic carbocycles. The van der Waals surface area contributed by atoms with Crippen molar-refractivity contribution in [3.63, 3.8) is 0 Å². The first-order valence-electron chi connectivity index (χ1n) is 5.67. The first kappa shape index (κ1) is 11.5. The number of carbonyl (C=O) groups is 1. The Labute approximate surface area is 85.9 Å². The van der Waals surface area contributed by atoms with Crippen LogP contribution in [0, 0.1) is 11.8 Å². The molecule has 1 atom stereocenters. The molecule has 1 fully saturated rings. The largest absolute Gasteiger partial charge is 0.481 e. The van der Waals surface area contributed by atoms with Crippen molar-refractivity contribution in [2.75, 3.05) is 13.1 Å². The fourth-order valence-electron chi connectivity index (χ4n) is 2.21. The number of rotatable bonds is 5. The van der Waals surface area contributed by atoms with Crippen LogP contribution in [0.3, 0.4) is 0 Å². The monoisotopic (exact) mass is 199 g/mol. The standard InChI is InChI=1S/C11H21NO2/c1-2-3-10(11(13)14)8-9-4-6-12-7-5-9/h9-10,12H,2-8H2,1H3,(H,13,14). The second kappa shape index (κ2) is 6.02. The van der Waals surface area contributed by atoms with Gasteiger partial charge in [0.15, 0.2) is 0 Å².